The highest BCUT2D eigenvalue weighted by molar-refractivity contribution is 7.89. The maximum Gasteiger partial charge on any atom is 0.243 e. The maximum absolute atomic E-state index is 12.5. The normalized spacial score (nSPS) is 11.6. The predicted molar refractivity (Wildman–Crippen MR) is 78.3 cm³/mol. The van der Waals surface area contributed by atoms with E-state index in [0.717, 1.165) is 5.56 Å². The van der Waals surface area contributed by atoms with E-state index in [1.54, 1.807) is 13.0 Å². The van der Waals surface area contributed by atoms with Gasteiger partial charge >= 0.3 is 0 Å². The average Bonchev–Trinajstić information content (AvgIpc) is 2.84. The minimum atomic E-state index is -3.68. The van der Waals surface area contributed by atoms with Gasteiger partial charge in [-0.15, -0.1) is 0 Å². The largest absolute Gasteiger partial charge is 0.469 e. The van der Waals surface area contributed by atoms with Gasteiger partial charge in [-0.25, -0.2) is 8.42 Å². The summed E-state index contributed by atoms with van der Waals surface area (Å²) in [5.74, 6) is 0.676. The molecular formula is C14H13ClN2O3S. The molecule has 1 heterocycles. The van der Waals surface area contributed by atoms with Crippen LogP contribution < -0.4 is 0 Å². The van der Waals surface area contributed by atoms with Crippen molar-refractivity contribution in [3.05, 3.63) is 52.4 Å². The van der Waals surface area contributed by atoms with Crippen LogP contribution in [0.3, 0.4) is 0 Å². The third kappa shape index (κ3) is 3.10. The molecule has 0 fully saturated rings. The molecule has 0 unspecified atom stereocenters. The van der Waals surface area contributed by atoms with Crippen LogP contribution in [0.4, 0.5) is 0 Å². The Morgan fingerprint density at radius 1 is 1.38 bits per heavy atom. The van der Waals surface area contributed by atoms with Crippen molar-refractivity contribution in [2.24, 2.45) is 0 Å². The molecule has 1 aromatic heterocycles. The highest BCUT2D eigenvalue weighted by atomic mass is 35.5. The fourth-order valence-corrected chi connectivity index (χ4v) is 3.29. The van der Waals surface area contributed by atoms with Gasteiger partial charge in [0.25, 0.3) is 0 Å². The van der Waals surface area contributed by atoms with Crippen LogP contribution in [0.2, 0.25) is 5.02 Å². The first kappa shape index (κ1) is 15.6. The van der Waals surface area contributed by atoms with E-state index in [4.69, 9.17) is 21.3 Å². The lowest BCUT2D eigenvalue weighted by molar-refractivity contribution is 0.459. The number of hydrogen-bond donors (Lipinski definition) is 0. The second-order valence-corrected chi connectivity index (χ2v) is 6.97. The number of rotatable bonds is 4. The van der Waals surface area contributed by atoms with Crippen molar-refractivity contribution >= 4 is 21.6 Å². The van der Waals surface area contributed by atoms with Gasteiger partial charge in [-0.2, -0.15) is 9.57 Å². The van der Waals surface area contributed by atoms with Crippen LogP contribution in [0.15, 0.2) is 39.8 Å². The summed E-state index contributed by atoms with van der Waals surface area (Å²) in [7, 11) is -2.20. The van der Waals surface area contributed by atoms with Crippen molar-refractivity contribution in [3.8, 4) is 6.07 Å². The number of hydrogen-bond acceptors (Lipinski definition) is 4. The first-order chi connectivity index (χ1) is 9.86. The Bertz CT molecular complexity index is 806. The second-order valence-electron chi connectivity index (χ2n) is 4.52. The summed E-state index contributed by atoms with van der Waals surface area (Å²) in [6.07, 6.45) is 1.52. The SMILES string of the molecule is Cc1occc1CN(C)S(=O)(=O)c1ccc(C#N)c(Cl)c1. The van der Waals surface area contributed by atoms with E-state index in [2.05, 4.69) is 0 Å². The van der Waals surface area contributed by atoms with E-state index in [1.807, 2.05) is 6.07 Å². The molecule has 1 aromatic carbocycles. The number of benzene rings is 1. The summed E-state index contributed by atoms with van der Waals surface area (Å²) < 4.78 is 31.3. The van der Waals surface area contributed by atoms with E-state index in [1.165, 1.54) is 35.8 Å². The van der Waals surface area contributed by atoms with Crippen LogP contribution >= 0.6 is 11.6 Å². The van der Waals surface area contributed by atoms with Gasteiger partial charge in [0.05, 0.1) is 21.7 Å². The summed E-state index contributed by atoms with van der Waals surface area (Å²) in [5.41, 5.74) is 1.03. The monoisotopic (exact) mass is 324 g/mol. The average molecular weight is 325 g/mol. The van der Waals surface area contributed by atoms with Crippen LogP contribution in [0.25, 0.3) is 0 Å². The van der Waals surface area contributed by atoms with Crippen LogP contribution in [0.5, 0.6) is 0 Å². The minimum Gasteiger partial charge on any atom is -0.469 e. The molecule has 0 aliphatic carbocycles. The topological polar surface area (TPSA) is 74.3 Å². The second kappa shape index (κ2) is 5.90. The number of aryl methyl sites for hydroxylation is 1. The molecule has 0 spiro atoms. The number of nitriles is 1. The Kier molecular flexibility index (Phi) is 4.37. The fraction of sp³-hybridized carbons (Fsp3) is 0.214. The lowest BCUT2D eigenvalue weighted by Crippen LogP contribution is -2.26. The summed E-state index contributed by atoms with van der Waals surface area (Å²) in [6.45, 7) is 1.97. The zero-order valence-corrected chi connectivity index (χ0v) is 13.1. The summed E-state index contributed by atoms with van der Waals surface area (Å²) >= 11 is 5.89. The van der Waals surface area contributed by atoms with Crippen LogP contribution in [0, 0.1) is 18.3 Å². The molecule has 0 radical (unpaired) electrons. The molecular weight excluding hydrogens is 312 g/mol. The molecule has 2 rings (SSSR count). The van der Waals surface area contributed by atoms with Crippen LogP contribution in [-0.2, 0) is 16.6 Å². The molecule has 0 saturated heterocycles. The van der Waals surface area contributed by atoms with E-state index >= 15 is 0 Å². The number of sulfonamides is 1. The molecule has 0 N–H and O–H groups in total. The Balaban J connectivity index is 2.31. The van der Waals surface area contributed by atoms with Gasteiger partial charge in [0.1, 0.15) is 11.8 Å². The van der Waals surface area contributed by atoms with Crippen molar-refractivity contribution in [2.75, 3.05) is 7.05 Å². The zero-order chi connectivity index (χ0) is 15.6. The molecule has 0 atom stereocenters. The molecule has 0 aliphatic heterocycles. The van der Waals surface area contributed by atoms with Crippen molar-refractivity contribution in [3.63, 3.8) is 0 Å². The molecule has 7 heteroatoms. The Labute approximate surface area is 128 Å². The van der Waals surface area contributed by atoms with Crippen molar-refractivity contribution < 1.29 is 12.8 Å². The van der Waals surface area contributed by atoms with Crippen LogP contribution in [-0.4, -0.2) is 19.8 Å². The molecule has 2 aromatic rings. The van der Waals surface area contributed by atoms with Gasteiger partial charge in [-0.05, 0) is 31.2 Å². The number of nitrogens with zero attached hydrogens (tertiary/aromatic N) is 2. The van der Waals surface area contributed by atoms with Crippen molar-refractivity contribution in [2.45, 2.75) is 18.4 Å². The highest BCUT2D eigenvalue weighted by Gasteiger charge is 2.22. The van der Waals surface area contributed by atoms with E-state index < -0.39 is 10.0 Å². The standard InChI is InChI=1S/C14H13ClN2O3S/c1-10-12(5-6-20-10)9-17(2)21(18,19)13-4-3-11(8-16)14(15)7-13/h3-7H,9H2,1-2H3. The first-order valence-electron chi connectivity index (χ1n) is 6.05. The summed E-state index contributed by atoms with van der Waals surface area (Å²) in [5, 5.41) is 8.94. The van der Waals surface area contributed by atoms with Gasteiger partial charge in [0.2, 0.25) is 10.0 Å². The van der Waals surface area contributed by atoms with Crippen molar-refractivity contribution in [1.82, 2.24) is 4.31 Å². The number of furan rings is 1. The van der Waals surface area contributed by atoms with Gasteiger partial charge in [-0.1, -0.05) is 11.6 Å². The Morgan fingerprint density at radius 3 is 2.62 bits per heavy atom. The first-order valence-corrected chi connectivity index (χ1v) is 7.87. The lowest BCUT2D eigenvalue weighted by Gasteiger charge is -2.17. The molecule has 5 nitrogen and oxygen atoms in total. The zero-order valence-electron chi connectivity index (χ0n) is 11.5. The predicted octanol–water partition coefficient (Wildman–Crippen LogP) is 2.93. The molecule has 0 bridgehead atoms. The van der Waals surface area contributed by atoms with Gasteiger partial charge in [-0.3, -0.25) is 0 Å². The number of halogens is 1. The fourth-order valence-electron chi connectivity index (χ4n) is 1.83. The molecule has 0 aliphatic rings. The highest BCUT2D eigenvalue weighted by Crippen LogP contribution is 2.23. The quantitative estimate of drug-likeness (QED) is 0.866. The smallest absolute Gasteiger partial charge is 0.243 e. The minimum absolute atomic E-state index is 0.0511. The Hall–Kier alpha value is -1.81. The lowest BCUT2D eigenvalue weighted by atomic mass is 10.2. The Morgan fingerprint density at radius 2 is 2.10 bits per heavy atom. The van der Waals surface area contributed by atoms with E-state index in [9.17, 15) is 8.42 Å². The molecule has 110 valence electrons. The van der Waals surface area contributed by atoms with E-state index in [-0.39, 0.29) is 22.0 Å². The van der Waals surface area contributed by atoms with Gasteiger partial charge in [0.15, 0.2) is 0 Å². The summed E-state index contributed by atoms with van der Waals surface area (Å²) in [4.78, 5) is 0.0511. The van der Waals surface area contributed by atoms with Gasteiger partial charge < -0.3 is 4.42 Å². The molecule has 0 saturated carbocycles. The third-order valence-corrected chi connectivity index (χ3v) is 5.24. The third-order valence-electron chi connectivity index (χ3n) is 3.13. The maximum atomic E-state index is 12.5. The van der Waals surface area contributed by atoms with Gasteiger partial charge in [0, 0.05) is 19.2 Å². The molecule has 21 heavy (non-hydrogen) atoms. The van der Waals surface area contributed by atoms with Crippen molar-refractivity contribution in [1.29, 1.82) is 5.26 Å². The van der Waals surface area contributed by atoms with E-state index in [0.29, 0.717) is 5.76 Å². The molecule has 0 amide bonds. The van der Waals surface area contributed by atoms with Crippen LogP contribution in [0.1, 0.15) is 16.9 Å². The summed E-state index contributed by atoms with van der Waals surface area (Å²) in [6, 6.07) is 7.68.